The second kappa shape index (κ2) is 10.7. The first-order chi connectivity index (χ1) is 16.4. The van der Waals surface area contributed by atoms with Gasteiger partial charge in [-0.15, -0.1) is 0 Å². The van der Waals surface area contributed by atoms with Gasteiger partial charge in [0.25, 0.3) is 20.2 Å². The van der Waals surface area contributed by atoms with Crippen LogP contribution in [0.5, 0.6) is 0 Å². The van der Waals surface area contributed by atoms with Crippen LogP contribution in [-0.2, 0) is 25.7 Å². The van der Waals surface area contributed by atoms with E-state index >= 15 is 0 Å². The molecule has 0 saturated heterocycles. The van der Waals surface area contributed by atoms with E-state index in [0.717, 1.165) is 11.4 Å². The van der Waals surface area contributed by atoms with E-state index in [1.807, 2.05) is 73.4 Å². The monoisotopic (exact) mass is 516 g/mol. The van der Waals surface area contributed by atoms with Gasteiger partial charge < -0.3 is 4.90 Å². The molecule has 0 fully saturated rings. The molecule has 0 unspecified atom stereocenters. The molecule has 8 nitrogen and oxygen atoms in total. The number of aliphatic imine (C=N–C) groups is 1. The Hall–Kier alpha value is -3.05. The molecule has 35 heavy (non-hydrogen) atoms. The first kappa shape index (κ1) is 26.6. The molecule has 0 aromatic heterocycles. The predicted molar refractivity (Wildman–Crippen MR) is 139 cm³/mol. The van der Waals surface area contributed by atoms with E-state index < -0.39 is 31.4 Å². The summed E-state index contributed by atoms with van der Waals surface area (Å²) in [6, 6.07) is 13.9. The Kier molecular flexibility index (Phi) is 8.11. The lowest BCUT2D eigenvalue weighted by Crippen LogP contribution is -2.28. The highest BCUT2D eigenvalue weighted by molar-refractivity contribution is 7.86. The second-order valence-corrected chi connectivity index (χ2v) is 11.5. The van der Waals surface area contributed by atoms with Crippen molar-refractivity contribution in [2.45, 2.75) is 30.6 Å². The number of fused-ring (bicyclic) bond motifs is 1. The summed E-state index contributed by atoms with van der Waals surface area (Å²) in [6.07, 6.45) is 11.0. The van der Waals surface area contributed by atoms with Crippen LogP contribution >= 0.6 is 0 Å². The maximum atomic E-state index is 11.7. The summed E-state index contributed by atoms with van der Waals surface area (Å²) in [5.41, 5.74) is 2.43. The fraction of sp³-hybridized carbons (Fsp3) is 0.240. The minimum atomic E-state index is -4.38. The maximum absolute atomic E-state index is 11.7. The third-order valence-electron chi connectivity index (χ3n) is 5.60. The Morgan fingerprint density at radius 3 is 2.29 bits per heavy atom. The molecule has 0 amide bonds. The van der Waals surface area contributed by atoms with Crippen molar-refractivity contribution in [3.63, 3.8) is 0 Å². The quantitative estimate of drug-likeness (QED) is 0.281. The van der Waals surface area contributed by atoms with Crippen molar-refractivity contribution in [1.82, 2.24) is 0 Å². The van der Waals surface area contributed by atoms with Gasteiger partial charge in [-0.1, -0.05) is 50.3 Å². The number of rotatable bonds is 9. The zero-order valence-corrected chi connectivity index (χ0v) is 21.1. The van der Waals surface area contributed by atoms with Gasteiger partial charge in [0.05, 0.1) is 16.3 Å². The van der Waals surface area contributed by atoms with Crippen molar-refractivity contribution in [1.29, 1.82) is 0 Å². The average molecular weight is 517 g/mol. The van der Waals surface area contributed by atoms with E-state index in [-0.39, 0.29) is 11.3 Å². The topological polar surface area (TPSA) is 124 Å². The van der Waals surface area contributed by atoms with E-state index in [9.17, 15) is 21.4 Å². The Morgan fingerprint density at radius 1 is 0.943 bits per heavy atom. The smallest absolute Gasteiger partial charge is 0.294 e. The van der Waals surface area contributed by atoms with Crippen LogP contribution in [0.4, 0.5) is 11.4 Å². The molecule has 1 aliphatic rings. The van der Waals surface area contributed by atoms with Crippen LogP contribution in [0.25, 0.3) is 0 Å². The van der Waals surface area contributed by atoms with E-state index in [1.165, 1.54) is 12.1 Å². The second-order valence-electron chi connectivity index (χ2n) is 8.51. The van der Waals surface area contributed by atoms with Gasteiger partial charge in [-0.05, 0) is 54.5 Å². The summed E-state index contributed by atoms with van der Waals surface area (Å²) >= 11 is 0. The Labute approximate surface area is 206 Å². The van der Waals surface area contributed by atoms with Crippen LogP contribution in [0.1, 0.15) is 25.8 Å². The molecule has 0 saturated carbocycles. The van der Waals surface area contributed by atoms with E-state index in [4.69, 9.17) is 4.55 Å². The molecule has 1 aliphatic heterocycles. The summed E-state index contributed by atoms with van der Waals surface area (Å²) in [6.45, 7) is 4.13. The third kappa shape index (κ3) is 6.98. The van der Waals surface area contributed by atoms with Gasteiger partial charge in [-0.3, -0.25) is 14.1 Å². The van der Waals surface area contributed by atoms with Crippen molar-refractivity contribution in [2.24, 2.45) is 4.99 Å². The Balaban J connectivity index is 1.87. The molecule has 186 valence electrons. The normalized spacial score (nSPS) is 17.3. The zero-order valence-electron chi connectivity index (χ0n) is 19.4. The highest BCUT2D eigenvalue weighted by atomic mass is 32.2. The zero-order chi connectivity index (χ0) is 25.7. The Bertz CT molecular complexity index is 1390. The molecule has 0 bridgehead atoms. The lowest BCUT2D eigenvalue weighted by molar-refractivity contribution is 0.479. The van der Waals surface area contributed by atoms with Gasteiger partial charge in [0.2, 0.25) is 0 Å². The largest absolute Gasteiger partial charge is 0.344 e. The van der Waals surface area contributed by atoms with Crippen molar-refractivity contribution >= 4 is 37.8 Å². The fourth-order valence-corrected chi connectivity index (χ4v) is 4.93. The van der Waals surface area contributed by atoms with Crippen molar-refractivity contribution in [3.8, 4) is 0 Å². The third-order valence-corrected chi connectivity index (χ3v) is 7.25. The number of allylic oxidation sites excluding steroid dienone is 6. The van der Waals surface area contributed by atoms with E-state index in [0.29, 0.717) is 17.8 Å². The standard InChI is InChI=1S/C25H28N2O6S2/c1-25(2)22-19-21(35(31,32)33)14-15-23(22)27(17-10-18-34(28,29)30)24(25)13-8-3-4-9-16-26-20-11-6-5-7-12-20/h3-9,11-16,19H,10,17-18H2,1-2H3,(H,28,29,30)(H,31,32,33)/b8-3+,9-4+,24-13+,26-16+. The van der Waals surface area contributed by atoms with Crippen LogP contribution in [0, 0.1) is 0 Å². The number of hydrogen-bond acceptors (Lipinski definition) is 6. The molecular formula is C25H28N2O6S2. The van der Waals surface area contributed by atoms with Gasteiger partial charge in [-0.25, -0.2) is 0 Å². The molecule has 10 heteroatoms. The van der Waals surface area contributed by atoms with E-state index in [1.54, 1.807) is 18.4 Å². The first-order valence-corrected chi connectivity index (χ1v) is 13.9. The number of nitrogens with zero attached hydrogens (tertiary/aromatic N) is 2. The molecule has 0 atom stereocenters. The summed E-state index contributed by atoms with van der Waals surface area (Å²) in [5, 5.41) is 0. The maximum Gasteiger partial charge on any atom is 0.294 e. The molecule has 2 aromatic carbocycles. The van der Waals surface area contributed by atoms with E-state index in [2.05, 4.69) is 4.99 Å². The number of para-hydroxylation sites is 1. The van der Waals surface area contributed by atoms with Gasteiger partial charge in [0, 0.05) is 29.6 Å². The van der Waals surface area contributed by atoms with Gasteiger partial charge in [-0.2, -0.15) is 16.8 Å². The lowest BCUT2D eigenvalue weighted by atomic mass is 9.83. The SMILES string of the molecule is CC1(C)\C(=C/C=C/C=C/C=N/c2ccccc2)N(CCCS(=O)(=O)O)c2ccc(S(=O)(=O)O)cc21. The summed E-state index contributed by atoms with van der Waals surface area (Å²) in [5.74, 6) is -0.394. The molecule has 2 aromatic rings. The lowest BCUT2D eigenvalue weighted by Gasteiger charge is -2.26. The summed E-state index contributed by atoms with van der Waals surface area (Å²) < 4.78 is 64.4. The van der Waals surface area contributed by atoms with Crippen molar-refractivity contribution in [3.05, 3.63) is 90.2 Å². The van der Waals surface area contributed by atoms with Crippen LogP contribution in [0.3, 0.4) is 0 Å². The van der Waals surface area contributed by atoms with Gasteiger partial charge in [0.1, 0.15) is 0 Å². The van der Waals surface area contributed by atoms with Gasteiger partial charge >= 0.3 is 0 Å². The van der Waals surface area contributed by atoms with Crippen LogP contribution < -0.4 is 4.90 Å². The van der Waals surface area contributed by atoms with Crippen LogP contribution in [0.2, 0.25) is 0 Å². The first-order valence-electron chi connectivity index (χ1n) is 10.9. The highest BCUT2D eigenvalue weighted by Gasteiger charge is 2.40. The van der Waals surface area contributed by atoms with Crippen LogP contribution in [0.15, 0.2) is 94.5 Å². The summed E-state index contributed by atoms with van der Waals surface area (Å²) in [7, 11) is -8.49. The minimum Gasteiger partial charge on any atom is -0.344 e. The fourth-order valence-electron chi connectivity index (χ4n) is 3.93. The molecule has 2 N–H and O–H groups in total. The van der Waals surface area contributed by atoms with Gasteiger partial charge in [0.15, 0.2) is 0 Å². The molecular weight excluding hydrogens is 488 g/mol. The van der Waals surface area contributed by atoms with Crippen molar-refractivity contribution in [2.75, 3.05) is 17.2 Å². The molecule has 0 spiro atoms. The molecule has 3 rings (SSSR count). The molecule has 1 heterocycles. The average Bonchev–Trinajstić information content (AvgIpc) is 2.98. The Morgan fingerprint density at radius 2 is 1.63 bits per heavy atom. The summed E-state index contributed by atoms with van der Waals surface area (Å²) in [4.78, 5) is 6.01. The van der Waals surface area contributed by atoms with Crippen molar-refractivity contribution < 1.29 is 25.9 Å². The number of benzene rings is 2. The highest BCUT2D eigenvalue weighted by Crippen LogP contribution is 2.48. The predicted octanol–water partition coefficient (Wildman–Crippen LogP) is 4.71. The number of anilines is 1. The minimum absolute atomic E-state index is 0.172. The number of hydrogen-bond donors (Lipinski definition) is 2. The van der Waals surface area contributed by atoms with Crippen LogP contribution in [-0.4, -0.2) is 44.5 Å². The molecule has 0 aliphatic carbocycles. The molecule has 0 radical (unpaired) electrons.